The number of rotatable bonds is 3. The second-order valence-corrected chi connectivity index (χ2v) is 6.68. The van der Waals surface area contributed by atoms with Crippen molar-refractivity contribution < 1.29 is 9.90 Å². The molecule has 142 valence electrons. The average molecular weight is 391 g/mol. The molecule has 0 spiro atoms. The number of hydrogen-bond donors (Lipinski definition) is 2. The summed E-state index contributed by atoms with van der Waals surface area (Å²) in [5.74, 6) is 0.0547. The van der Waals surface area contributed by atoms with Crippen molar-refractivity contribution in [3.8, 4) is 0 Å². The number of nitrogens with two attached hydrogens (primary N) is 1. The molecule has 8 heteroatoms. The first kappa shape index (κ1) is 22.1. The quantitative estimate of drug-likeness (QED) is 0.805. The zero-order valence-electron chi connectivity index (χ0n) is 14.3. The molecule has 2 heterocycles. The number of amides is 1. The number of nitrogens with zero attached hydrogens (tertiary/aromatic N) is 3. The second kappa shape index (κ2) is 10.3. The van der Waals surface area contributed by atoms with Gasteiger partial charge in [-0.1, -0.05) is 6.07 Å². The smallest absolute Gasteiger partial charge is 0.225 e. The molecule has 1 aliphatic heterocycles. The zero-order valence-corrected chi connectivity index (χ0v) is 15.9. The fourth-order valence-electron chi connectivity index (χ4n) is 3.58. The van der Waals surface area contributed by atoms with Crippen molar-refractivity contribution in [2.45, 2.75) is 38.0 Å². The molecule has 1 aromatic heterocycles. The van der Waals surface area contributed by atoms with Crippen LogP contribution >= 0.6 is 24.8 Å². The molecule has 0 bridgehead atoms. The number of aromatic nitrogens is 1. The van der Waals surface area contributed by atoms with E-state index in [0.29, 0.717) is 12.8 Å². The number of halogens is 2. The van der Waals surface area contributed by atoms with E-state index in [1.807, 2.05) is 29.3 Å². The predicted molar refractivity (Wildman–Crippen MR) is 102 cm³/mol. The SMILES string of the molecule is Cl.Cl.N[C@@H]1C[C@H](C(=O)N2CCCN(Cc3ccccn3)CC2)C[C@H]1O. The maximum Gasteiger partial charge on any atom is 0.225 e. The predicted octanol–water partition coefficient (Wildman–Crippen LogP) is 1.06. The van der Waals surface area contributed by atoms with Gasteiger partial charge in [-0.3, -0.25) is 14.7 Å². The topological polar surface area (TPSA) is 82.7 Å². The molecule has 2 aliphatic rings. The van der Waals surface area contributed by atoms with Gasteiger partial charge in [-0.15, -0.1) is 24.8 Å². The number of aliphatic hydroxyl groups is 1. The average Bonchev–Trinajstić information content (AvgIpc) is 2.76. The molecule has 0 aromatic carbocycles. The zero-order chi connectivity index (χ0) is 16.2. The lowest BCUT2D eigenvalue weighted by Gasteiger charge is -2.24. The van der Waals surface area contributed by atoms with Crippen LogP contribution in [0.3, 0.4) is 0 Å². The van der Waals surface area contributed by atoms with Crippen molar-refractivity contribution in [3.05, 3.63) is 30.1 Å². The van der Waals surface area contributed by atoms with E-state index in [1.54, 1.807) is 0 Å². The first-order valence-corrected chi connectivity index (χ1v) is 8.48. The minimum absolute atomic E-state index is 0. The Hall–Kier alpha value is -0.920. The third kappa shape index (κ3) is 5.79. The van der Waals surface area contributed by atoms with Gasteiger partial charge in [0.2, 0.25) is 5.91 Å². The molecule has 3 atom stereocenters. The molecule has 25 heavy (non-hydrogen) atoms. The molecule has 1 amide bonds. The molecule has 6 nitrogen and oxygen atoms in total. The Bertz CT molecular complexity index is 525. The number of carbonyl (C=O) groups excluding carboxylic acids is 1. The summed E-state index contributed by atoms with van der Waals surface area (Å²) in [6.45, 7) is 4.21. The third-order valence-corrected chi connectivity index (χ3v) is 4.94. The lowest BCUT2D eigenvalue weighted by atomic mass is 10.1. The summed E-state index contributed by atoms with van der Waals surface area (Å²) in [4.78, 5) is 21.3. The Kier molecular flexibility index (Phi) is 9.10. The highest BCUT2D eigenvalue weighted by molar-refractivity contribution is 5.85. The molecule has 0 radical (unpaired) electrons. The molecule has 0 unspecified atom stereocenters. The van der Waals surface area contributed by atoms with Crippen LogP contribution in [-0.2, 0) is 11.3 Å². The van der Waals surface area contributed by atoms with Gasteiger partial charge >= 0.3 is 0 Å². The minimum atomic E-state index is -0.531. The Labute approximate surface area is 161 Å². The summed E-state index contributed by atoms with van der Waals surface area (Å²) in [5.41, 5.74) is 6.91. The first-order valence-electron chi connectivity index (χ1n) is 8.48. The first-order chi connectivity index (χ1) is 11.1. The lowest BCUT2D eigenvalue weighted by Crippen LogP contribution is -2.38. The molecule has 3 N–H and O–H groups in total. The molecule has 1 aromatic rings. The van der Waals surface area contributed by atoms with Gasteiger partial charge in [-0.2, -0.15) is 0 Å². The van der Waals surface area contributed by atoms with Gasteiger partial charge in [-0.05, 0) is 31.4 Å². The second-order valence-electron chi connectivity index (χ2n) is 6.68. The largest absolute Gasteiger partial charge is 0.391 e. The van der Waals surface area contributed by atoms with E-state index >= 15 is 0 Å². The van der Waals surface area contributed by atoms with E-state index in [2.05, 4.69) is 9.88 Å². The standard InChI is InChI=1S/C17H26N4O2.2ClH/c18-15-10-13(11-16(15)22)17(23)21-7-3-6-20(8-9-21)12-14-4-1-2-5-19-14;;/h1-2,4-5,13,15-16,22H,3,6-12,18H2;2*1H/t13-,15+,16+;;/m0../s1. The van der Waals surface area contributed by atoms with Crippen LogP contribution in [0.2, 0.25) is 0 Å². The van der Waals surface area contributed by atoms with Crippen molar-refractivity contribution in [1.29, 1.82) is 0 Å². The summed E-state index contributed by atoms with van der Waals surface area (Å²) in [5, 5.41) is 9.77. The summed E-state index contributed by atoms with van der Waals surface area (Å²) in [7, 11) is 0. The summed E-state index contributed by atoms with van der Waals surface area (Å²) < 4.78 is 0. The van der Waals surface area contributed by atoms with Crippen LogP contribution in [0.4, 0.5) is 0 Å². The van der Waals surface area contributed by atoms with Gasteiger partial charge in [0.25, 0.3) is 0 Å². The van der Waals surface area contributed by atoms with Gasteiger partial charge in [0.1, 0.15) is 0 Å². The third-order valence-electron chi connectivity index (χ3n) is 4.94. The number of pyridine rings is 1. The van der Waals surface area contributed by atoms with Crippen LogP contribution in [-0.4, -0.2) is 64.1 Å². The molecule has 1 saturated heterocycles. The van der Waals surface area contributed by atoms with Gasteiger partial charge in [-0.25, -0.2) is 0 Å². The molecular weight excluding hydrogens is 363 g/mol. The Morgan fingerprint density at radius 3 is 2.64 bits per heavy atom. The highest BCUT2D eigenvalue weighted by Gasteiger charge is 2.37. The fourth-order valence-corrected chi connectivity index (χ4v) is 3.58. The van der Waals surface area contributed by atoms with E-state index in [-0.39, 0.29) is 42.7 Å². The summed E-state index contributed by atoms with van der Waals surface area (Å²) in [6, 6.07) is 5.71. The fraction of sp³-hybridized carbons (Fsp3) is 0.647. The normalized spacial score (nSPS) is 27.1. The van der Waals surface area contributed by atoms with Gasteiger partial charge < -0.3 is 15.7 Å². The van der Waals surface area contributed by atoms with Crippen molar-refractivity contribution in [2.75, 3.05) is 26.2 Å². The highest BCUT2D eigenvalue weighted by Crippen LogP contribution is 2.27. The molecule has 1 aliphatic carbocycles. The van der Waals surface area contributed by atoms with Crippen molar-refractivity contribution in [3.63, 3.8) is 0 Å². The van der Waals surface area contributed by atoms with Crippen LogP contribution in [0.5, 0.6) is 0 Å². The molecular formula is C17H28Cl2N4O2. The van der Waals surface area contributed by atoms with Gasteiger partial charge in [0, 0.05) is 50.9 Å². The van der Waals surface area contributed by atoms with Gasteiger partial charge in [0.05, 0.1) is 11.8 Å². The summed E-state index contributed by atoms with van der Waals surface area (Å²) in [6.07, 6.45) is 3.37. The van der Waals surface area contributed by atoms with Crippen LogP contribution in [0.15, 0.2) is 24.4 Å². The monoisotopic (exact) mass is 390 g/mol. The maximum absolute atomic E-state index is 12.6. The lowest BCUT2D eigenvalue weighted by molar-refractivity contribution is -0.135. The Morgan fingerprint density at radius 1 is 1.20 bits per heavy atom. The molecule has 2 fully saturated rings. The van der Waals surface area contributed by atoms with Crippen molar-refractivity contribution in [2.24, 2.45) is 11.7 Å². The number of carbonyl (C=O) groups is 1. The van der Waals surface area contributed by atoms with E-state index < -0.39 is 6.10 Å². The van der Waals surface area contributed by atoms with Crippen LogP contribution < -0.4 is 5.73 Å². The van der Waals surface area contributed by atoms with Crippen LogP contribution in [0.25, 0.3) is 0 Å². The van der Waals surface area contributed by atoms with Crippen LogP contribution in [0, 0.1) is 5.92 Å². The Balaban J connectivity index is 0.00000156. The van der Waals surface area contributed by atoms with E-state index in [0.717, 1.165) is 44.8 Å². The molecule has 1 saturated carbocycles. The van der Waals surface area contributed by atoms with Crippen molar-refractivity contribution in [1.82, 2.24) is 14.8 Å². The van der Waals surface area contributed by atoms with E-state index in [1.165, 1.54) is 0 Å². The van der Waals surface area contributed by atoms with Crippen LogP contribution in [0.1, 0.15) is 25.0 Å². The number of hydrogen-bond acceptors (Lipinski definition) is 5. The highest BCUT2D eigenvalue weighted by atomic mass is 35.5. The van der Waals surface area contributed by atoms with Gasteiger partial charge in [0.15, 0.2) is 0 Å². The number of aliphatic hydroxyl groups excluding tert-OH is 1. The van der Waals surface area contributed by atoms with E-state index in [4.69, 9.17) is 5.73 Å². The van der Waals surface area contributed by atoms with E-state index in [9.17, 15) is 9.90 Å². The summed E-state index contributed by atoms with van der Waals surface area (Å²) >= 11 is 0. The minimum Gasteiger partial charge on any atom is -0.391 e. The molecule has 3 rings (SSSR count). The van der Waals surface area contributed by atoms with Crippen molar-refractivity contribution >= 4 is 30.7 Å². The maximum atomic E-state index is 12.6. The Morgan fingerprint density at radius 2 is 2.00 bits per heavy atom.